The first kappa shape index (κ1) is 15.2. The standard InChI is InChI=1S/C14H19N3O4/c1-13(2,3)21-12(20)17-11-15-7-9(8-16-11)14(4-5-14)6-10(18)19/h7-8H,4-6H2,1-3H3,(H,18,19)(H,15,16,17,20). The second kappa shape index (κ2) is 5.31. The monoisotopic (exact) mass is 293 g/mol. The van der Waals surface area contributed by atoms with Crippen molar-refractivity contribution in [1.82, 2.24) is 9.97 Å². The van der Waals surface area contributed by atoms with Crippen molar-refractivity contribution in [3.63, 3.8) is 0 Å². The van der Waals surface area contributed by atoms with Crippen molar-refractivity contribution < 1.29 is 19.4 Å². The molecule has 0 bridgehead atoms. The molecule has 0 radical (unpaired) electrons. The van der Waals surface area contributed by atoms with Gasteiger partial charge in [-0.05, 0) is 39.2 Å². The fourth-order valence-corrected chi connectivity index (χ4v) is 2.07. The highest BCUT2D eigenvalue weighted by Crippen LogP contribution is 2.50. The Morgan fingerprint density at radius 1 is 1.33 bits per heavy atom. The van der Waals surface area contributed by atoms with Crippen LogP contribution < -0.4 is 5.32 Å². The predicted octanol–water partition coefficient (Wildman–Crippen LogP) is 2.33. The topological polar surface area (TPSA) is 101 Å². The molecule has 0 spiro atoms. The van der Waals surface area contributed by atoms with E-state index in [4.69, 9.17) is 9.84 Å². The first-order chi connectivity index (χ1) is 9.70. The number of nitrogens with zero attached hydrogens (tertiary/aromatic N) is 2. The number of aromatic nitrogens is 2. The molecule has 1 fully saturated rings. The molecule has 1 amide bonds. The number of nitrogens with one attached hydrogen (secondary N) is 1. The summed E-state index contributed by atoms with van der Waals surface area (Å²) in [7, 11) is 0. The van der Waals surface area contributed by atoms with Gasteiger partial charge in [0.1, 0.15) is 5.60 Å². The molecule has 0 aliphatic heterocycles. The Kier molecular flexibility index (Phi) is 3.85. The van der Waals surface area contributed by atoms with Gasteiger partial charge in [0.15, 0.2) is 0 Å². The molecule has 1 saturated carbocycles. The van der Waals surface area contributed by atoms with Crippen LogP contribution in [0.25, 0.3) is 0 Å². The quantitative estimate of drug-likeness (QED) is 0.883. The van der Waals surface area contributed by atoms with Gasteiger partial charge in [-0.25, -0.2) is 14.8 Å². The van der Waals surface area contributed by atoms with Gasteiger partial charge in [0, 0.05) is 17.8 Å². The van der Waals surface area contributed by atoms with Crippen LogP contribution in [0.2, 0.25) is 0 Å². The molecule has 0 unspecified atom stereocenters. The van der Waals surface area contributed by atoms with E-state index >= 15 is 0 Å². The first-order valence-electron chi connectivity index (χ1n) is 6.75. The Morgan fingerprint density at radius 3 is 2.33 bits per heavy atom. The van der Waals surface area contributed by atoms with Gasteiger partial charge in [-0.2, -0.15) is 0 Å². The second-order valence-corrected chi connectivity index (χ2v) is 6.27. The molecule has 0 atom stereocenters. The number of amides is 1. The maximum Gasteiger partial charge on any atom is 0.414 e. The third-order valence-corrected chi connectivity index (χ3v) is 3.22. The molecular weight excluding hydrogens is 274 g/mol. The van der Waals surface area contributed by atoms with Crippen molar-refractivity contribution in [2.45, 2.75) is 51.0 Å². The normalized spacial score (nSPS) is 16.1. The van der Waals surface area contributed by atoms with E-state index in [1.165, 1.54) is 0 Å². The van der Waals surface area contributed by atoms with E-state index in [1.54, 1.807) is 33.2 Å². The zero-order chi connectivity index (χ0) is 15.7. The lowest BCUT2D eigenvalue weighted by molar-refractivity contribution is -0.137. The van der Waals surface area contributed by atoms with Gasteiger partial charge in [0.2, 0.25) is 5.95 Å². The van der Waals surface area contributed by atoms with Crippen LogP contribution in [0.5, 0.6) is 0 Å². The highest BCUT2D eigenvalue weighted by Gasteiger charge is 2.46. The van der Waals surface area contributed by atoms with Crippen molar-refractivity contribution in [3.05, 3.63) is 18.0 Å². The minimum Gasteiger partial charge on any atom is -0.481 e. The average molecular weight is 293 g/mol. The molecule has 1 aliphatic carbocycles. The molecule has 7 heteroatoms. The Hall–Kier alpha value is -2.18. The van der Waals surface area contributed by atoms with Gasteiger partial charge >= 0.3 is 12.1 Å². The van der Waals surface area contributed by atoms with E-state index in [0.29, 0.717) is 0 Å². The molecule has 1 aromatic heterocycles. The summed E-state index contributed by atoms with van der Waals surface area (Å²) in [5.41, 5.74) is -0.139. The van der Waals surface area contributed by atoms with Crippen LogP contribution in [0.15, 0.2) is 12.4 Å². The van der Waals surface area contributed by atoms with Gasteiger partial charge in [0.25, 0.3) is 0 Å². The lowest BCUT2D eigenvalue weighted by Crippen LogP contribution is -2.27. The third-order valence-electron chi connectivity index (χ3n) is 3.22. The van der Waals surface area contributed by atoms with E-state index in [9.17, 15) is 9.59 Å². The van der Waals surface area contributed by atoms with Gasteiger partial charge < -0.3 is 9.84 Å². The molecule has 0 aromatic carbocycles. The van der Waals surface area contributed by atoms with Crippen LogP contribution in [0.4, 0.5) is 10.7 Å². The van der Waals surface area contributed by atoms with Crippen molar-refractivity contribution >= 4 is 18.0 Å². The number of carboxylic acids is 1. The van der Waals surface area contributed by atoms with Gasteiger partial charge in [-0.15, -0.1) is 0 Å². The molecular formula is C14H19N3O4. The Balaban J connectivity index is 2.00. The molecule has 1 aromatic rings. The van der Waals surface area contributed by atoms with Crippen molar-refractivity contribution in [1.29, 1.82) is 0 Å². The lowest BCUT2D eigenvalue weighted by Gasteiger charge is -2.19. The Labute approximate surface area is 122 Å². The number of rotatable bonds is 4. The van der Waals surface area contributed by atoms with Crippen LogP contribution in [-0.4, -0.2) is 32.7 Å². The summed E-state index contributed by atoms with van der Waals surface area (Å²) in [6.45, 7) is 5.29. The number of carbonyl (C=O) groups is 2. The van der Waals surface area contributed by atoms with E-state index in [0.717, 1.165) is 18.4 Å². The summed E-state index contributed by atoms with van der Waals surface area (Å²) >= 11 is 0. The van der Waals surface area contributed by atoms with Gasteiger partial charge in [0.05, 0.1) is 6.42 Å². The van der Waals surface area contributed by atoms with E-state index in [-0.39, 0.29) is 17.8 Å². The fraction of sp³-hybridized carbons (Fsp3) is 0.571. The largest absolute Gasteiger partial charge is 0.481 e. The van der Waals surface area contributed by atoms with Crippen LogP contribution in [0, 0.1) is 0 Å². The maximum absolute atomic E-state index is 11.6. The number of anilines is 1. The van der Waals surface area contributed by atoms with Crippen LogP contribution >= 0.6 is 0 Å². The Morgan fingerprint density at radius 2 is 1.90 bits per heavy atom. The summed E-state index contributed by atoms with van der Waals surface area (Å²) in [6, 6.07) is 0. The zero-order valence-corrected chi connectivity index (χ0v) is 12.3. The second-order valence-electron chi connectivity index (χ2n) is 6.27. The number of carbonyl (C=O) groups excluding carboxylic acids is 1. The van der Waals surface area contributed by atoms with Crippen molar-refractivity contribution in [2.24, 2.45) is 0 Å². The molecule has 2 rings (SSSR count). The summed E-state index contributed by atoms with van der Waals surface area (Å²) in [5.74, 6) is -0.692. The average Bonchev–Trinajstić information content (AvgIpc) is 3.07. The van der Waals surface area contributed by atoms with E-state index in [1.807, 2.05) is 0 Å². The number of hydrogen-bond donors (Lipinski definition) is 2. The van der Waals surface area contributed by atoms with Gasteiger partial charge in [-0.3, -0.25) is 10.1 Å². The van der Waals surface area contributed by atoms with Crippen LogP contribution in [0.1, 0.15) is 45.6 Å². The number of hydrogen-bond acceptors (Lipinski definition) is 5. The number of ether oxygens (including phenoxy) is 1. The van der Waals surface area contributed by atoms with Gasteiger partial charge in [-0.1, -0.05) is 0 Å². The van der Waals surface area contributed by atoms with Crippen LogP contribution in [0.3, 0.4) is 0 Å². The highest BCUT2D eigenvalue weighted by molar-refractivity contribution is 5.82. The molecule has 2 N–H and O–H groups in total. The van der Waals surface area contributed by atoms with Crippen molar-refractivity contribution in [2.75, 3.05) is 5.32 Å². The smallest absolute Gasteiger partial charge is 0.414 e. The third kappa shape index (κ3) is 4.14. The molecule has 114 valence electrons. The number of aliphatic carboxylic acids is 1. The minimum absolute atomic E-state index is 0.0786. The lowest BCUT2D eigenvalue weighted by atomic mass is 9.95. The van der Waals surface area contributed by atoms with E-state index in [2.05, 4.69) is 15.3 Å². The van der Waals surface area contributed by atoms with E-state index < -0.39 is 17.7 Å². The first-order valence-corrected chi connectivity index (χ1v) is 6.75. The summed E-state index contributed by atoms with van der Waals surface area (Å²) in [4.78, 5) is 30.5. The zero-order valence-electron chi connectivity index (χ0n) is 12.3. The number of carboxylic acid groups (broad SMARTS) is 1. The van der Waals surface area contributed by atoms with Crippen molar-refractivity contribution in [3.8, 4) is 0 Å². The molecule has 1 heterocycles. The maximum atomic E-state index is 11.6. The SMILES string of the molecule is CC(C)(C)OC(=O)Nc1ncc(C2(CC(=O)O)CC2)cn1. The summed E-state index contributed by atoms with van der Waals surface area (Å²) < 4.78 is 5.10. The Bertz CT molecular complexity index is 544. The molecule has 0 saturated heterocycles. The summed E-state index contributed by atoms with van der Waals surface area (Å²) in [6.07, 6.45) is 4.23. The predicted molar refractivity (Wildman–Crippen MR) is 75.1 cm³/mol. The minimum atomic E-state index is -0.830. The van der Waals surface area contributed by atoms with Crippen LogP contribution in [-0.2, 0) is 14.9 Å². The molecule has 7 nitrogen and oxygen atoms in total. The summed E-state index contributed by atoms with van der Waals surface area (Å²) in [5, 5.41) is 11.4. The molecule has 21 heavy (non-hydrogen) atoms. The highest BCUT2D eigenvalue weighted by atomic mass is 16.6. The molecule has 1 aliphatic rings. The fourth-order valence-electron chi connectivity index (χ4n) is 2.07.